The van der Waals surface area contributed by atoms with Crippen molar-refractivity contribution in [3.63, 3.8) is 0 Å². The summed E-state index contributed by atoms with van der Waals surface area (Å²) in [5, 5.41) is 5.92. The largest absolute Gasteiger partial charge is 0.419 e. The van der Waals surface area contributed by atoms with E-state index in [1.54, 1.807) is 0 Å². The molecule has 3 N–H and O–H groups in total. The maximum absolute atomic E-state index is 13.1. The van der Waals surface area contributed by atoms with Crippen molar-refractivity contribution in [2.24, 2.45) is 5.73 Å². The predicted octanol–water partition coefficient (Wildman–Crippen LogP) is 2.33. The molecule has 2 rings (SSSR count). The Balaban J connectivity index is 2.48. The molecule has 1 aromatic heterocycles. The summed E-state index contributed by atoms with van der Waals surface area (Å²) in [7, 11) is 0. The lowest BCUT2D eigenvalue weighted by Gasteiger charge is -2.08. The number of carbonyl (C=O) groups is 1. The van der Waals surface area contributed by atoms with Crippen LogP contribution in [-0.2, 0) is 6.18 Å². The van der Waals surface area contributed by atoms with Gasteiger partial charge in [0.25, 0.3) is 5.91 Å². The van der Waals surface area contributed by atoms with Gasteiger partial charge in [-0.1, -0.05) is 0 Å². The molecule has 0 saturated heterocycles. The number of nitrogens with one attached hydrogen (secondary N) is 1. The topological polar surface area (TPSA) is 71.8 Å². The van der Waals surface area contributed by atoms with Crippen LogP contribution in [0.5, 0.6) is 0 Å². The molecule has 1 amide bonds. The number of halogens is 4. The van der Waals surface area contributed by atoms with Crippen molar-refractivity contribution < 1.29 is 22.4 Å². The third-order valence-electron chi connectivity index (χ3n) is 2.41. The van der Waals surface area contributed by atoms with Gasteiger partial charge in [-0.05, 0) is 24.3 Å². The zero-order chi connectivity index (χ0) is 14.2. The fourth-order valence-electron chi connectivity index (χ4n) is 1.50. The molecule has 2 aromatic rings. The van der Waals surface area contributed by atoms with Crippen molar-refractivity contribution in [1.82, 2.24) is 10.2 Å². The van der Waals surface area contributed by atoms with Crippen molar-refractivity contribution in [2.75, 3.05) is 0 Å². The van der Waals surface area contributed by atoms with E-state index in [4.69, 9.17) is 5.73 Å². The van der Waals surface area contributed by atoms with Crippen LogP contribution in [0.3, 0.4) is 0 Å². The number of H-pyrrole nitrogens is 1. The predicted molar refractivity (Wildman–Crippen MR) is 57.5 cm³/mol. The SMILES string of the molecule is NC(=O)c1cc(-c2ccc(F)c(C(F)(F)F)c2)n[nH]1. The Morgan fingerprint density at radius 3 is 2.47 bits per heavy atom. The van der Waals surface area contributed by atoms with Gasteiger partial charge in [0.1, 0.15) is 11.5 Å². The maximum Gasteiger partial charge on any atom is 0.419 e. The van der Waals surface area contributed by atoms with Crippen molar-refractivity contribution in [3.05, 3.63) is 41.3 Å². The standard InChI is InChI=1S/C11H7F4N3O/c12-7-2-1-5(3-6(7)11(13,14)15)8-4-9(10(16)19)18-17-8/h1-4H,(H2,16,19)(H,17,18). The number of primary amides is 1. The summed E-state index contributed by atoms with van der Waals surface area (Å²) < 4.78 is 50.7. The lowest BCUT2D eigenvalue weighted by molar-refractivity contribution is -0.139. The van der Waals surface area contributed by atoms with Gasteiger partial charge in [0, 0.05) is 5.56 Å². The molecule has 0 aliphatic heterocycles. The molecule has 0 saturated carbocycles. The Morgan fingerprint density at radius 2 is 1.95 bits per heavy atom. The number of rotatable bonds is 2. The Labute approximate surface area is 104 Å². The van der Waals surface area contributed by atoms with Crippen LogP contribution < -0.4 is 5.73 Å². The van der Waals surface area contributed by atoms with E-state index in [2.05, 4.69) is 10.2 Å². The van der Waals surface area contributed by atoms with Gasteiger partial charge in [0.05, 0.1) is 11.3 Å². The fraction of sp³-hybridized carbons (Fsp3) is 0.0909. The van der Waals surface area contributed by atoms with E-state index in [0.717, 1.165) is 6.07 Å². The Kier molecular flexibility index (Phi) is 3.01. The van der Waals surface area contributed by atoms with Gasteiger partial charge in [0.15, 0.2) is 0 Å². The first-order chi connectivity index (χ1) is 8.79. The summed E-state index contributed by atoms with van der Waals surface area (Å²) >= 11 is 0. The molecule has 100 valence electrons. The van der Waals surface area contributed by atoms with E-state index in [-0.39, 0.29) is 17.0 Å². The van der Waals surface area contributed by atoms with Crippen LogP contribution in [0.25, 0.3) is 11.3 Å². The van der Waals surface area contributed by atoms with Crippen molar-refractivity contribution >= 4 is 5.91 Å². The van der Waals surface area contributed by atoms with Crippen LogP contribution in [0, 0.1) is 5.82 Å². The number of amides is 1. The minimum atomic E-state index is -4.80. The molecule has 8 heteroatoms. The summed E-state index contributed by atoms with van der Waals surface area (Å²) in [6.07, 6.45) is -4.80. The highest BCUT2D eigenvalue weighted by molar-refractivity contribution is 5.91. The Hall–Kier alpha value is -2.38. The van der Waals surface area contributed by atoms with Gasteiger partial charge in [0.2, 0.25) is 0 Å². The number of nitrogens with two attached hydrogens (primary N) is 1. The van der Waals surface area contributed by atoms with Gasteiger partial charge in [-0.25, -0.2) is 4.39 Å². The molecule has 0 atom stereocenters. The Bertz CT molecular complexity index is 633. The minimum absolute atomic E-state index is 0.0254. The number of alkyl halides is 3. The lowest BCUT2D eigenvalue weighted by Crippen LogP contribution is -2.10. The molecule has 19 heavy (non-hydrogen) atoms. The van der Waals surface area contributed by atoms with Crippen LogP contribution in [-0.4, -0.2) is 16.1 Å². The lowest BCUT2D eigenvalue weighted by atomic mass is 10.1. The summed E-state index contributed by atoms with van der Waals surface area (Å²) in [4.78, 5) is 10.8. The van der Waals surface area contributed by atoms with Crippen LogP contribution in [0.15, 0.2) is 24.3 Å². The second-order valence-electron chi connectivity index (χ2n) is 3.72. The molecule has 4 nitrogen and oxygen atoms in total. The zero-order valence-electron chi connectivity index (χ0n) is 9.25. The van der Waals surface area contributed by atoms with E-state index in [9.17, 15) is 22.4 Å². The molecular formula is C11H7F4N3O. The highest BCUT2D eigenvalue weighted by Crippen LogP contribution is 2.33. The number of aromatic nitrogens is 2. The molecule has 0 unspecified atom stereocenters. The molecule has 0 aliphatic carbocycles. The van der Waals surface area contributed by atoms with E-state index in [1.807, 2.05) is 0 Å². The third-order valence-corrected chi connectivity index (χ3v) is 2.41. The number of carbonyl (C=O) groups excluding carboxylic acids is 1. The molecule has 1 aromatic carbocycles. The van der Waals surface area contributed by atoms with Gasteiger partial charge in [-0.2, -0.15) is 18.3 Å². The molecule has 0 fully saturated rings. The van der Waals surface area contributed by atoms with Crippen LogP contribution in [0.2, 0.25) is 0 Å². The van der Waals surface area contributed by atoms with Crippen LogP contribution in [0.4, 0.5) is 17.6 Å². The van der Waals surface area contributed by atoms with Gasteiger partial charge in [-0.3, -0.25) is 9.89 Å². The average molecular weight is 273 g/mol. The molecule has 1 heterocycles. The second-order valence-corrected chi connectivity index (χ2v) is 3.72. The fourth-order valence-corrected chi connectivity index (χ4v) is 1.50. The van der Waals surface area contributed by atoms with Crippen LogP contribution >= 0.6 is 0 Å². The molecule has 0 aliphatic rings. The molecular weight excluding hydrogens is 266 g/mol. The number of nitrogens with zero attached hydrogens (tertiary/aromatic N) is 1. The van der Waals surface area contributed by atoms with Gasteiger partial charge in [-0.15, -0.1) is 0 Å². The highest BCUT2D eigenvalue weighted by atomic mass is 19.4. The quantitative estimate of drug-likeness (QED) is 0.824. The average Bonchev–Trinajstić information content (AvgIpc) is 2.77. The third kappa shape index (κ3) is 2.56. The first kappa shape index (κ1) is 13.1. The molecule has 0 bridgehead atoms. The number of benzene rings is 1. The zero-order valence-corrected chi connectivity index (χ0v) is 9.25. The van der Waals surface area contributed by atoms with E-state index in [1.165, 1.54) is 6.07 Å². The summed E-state index contributed by atoms with van der Waals surface area (Å²) in [5.41, 5.74) is 3.63. The van der Waals surface area contributed by atoms with Crippen molar-refractivity contribution in [3.8, 4) is 11.3 Å². The first-order valence-corrected chi connectivity index (χ1v) is 5.01. The van der Waals surface area contributed by atoms with E-state index in [0.29, 0.717) is 12.1 Å². The van der Waals surface area contributed by atoms with E-state index >= 15 is 0 Å². The summed E-state index contributed by atoms with van der Waals surface area (Å²) in [6.45, 7) is 0. The van der Waals surface area contributed by atoms with Crippen molar-refractivity contribution in [1.29, 1.82) is 0 Å². The summed E-state index contributed by atoms with van der Waals surface area (Å²) in [6, 6.07) is 3.63. The number of hydrogen-bond donors (Lipinski definition) is 2. The van der Waals surface area contributed by atoms with Crippen molar-refractivity contribution in [2.45, 2.75) is 6.18 Å². The second kappa shape index (κ2) is 4.38. The summed E-state index contributed by atoms with van der Waals surface area (Å²) in [5.74, 6) is -2.17. The molecule has 0 spiro atoms. The maximum atomic E-state index is 13.1. The highest BCUT2D eigenvalue weighted by Gasteiger charge is 2.34. The number of hydrogen-bond acceptors (Lipinski definition) is 2. The first-order valence-electron chi connectivity index (χ1n) is 5.01. The van der Waals surface area contributed by atoms with E-state index < -0.39 is 23.5 Å². The normalized spacial score (nSPS) is 11.6. The Morgan fingerprint density at radius 1 is 1.26 bits per heavy atom. The molecule has 0 radical (unpaired) electrons. The van der Waals surface area contributed by atoms with Gasteiger partial charge >= 0.3 is 6.18 Å². The van der Waals surface area contributed by atoms with Crippen LogP contribution in [0.1, 0.15) is 16.1 Å². The van der Waals surface area contributed by atoms with Gasteiger partial charge < -0.3 is 5.73 Å². The monoisotopic (exact) mass is 273 g/mol. The number of aromatic amines is 1. The minimum Gasteiger partial charge on any atom is -0.364 e. The smallest absolute Gasteiger partial charge is 0.364 e.